The predicted molar refractivity (Wildman–Crippen MR) is 83.7 cm³/mol. The molecule has 126 valence electrons. The van der Waals surface area contributed by atoms with Crippen molar-refractivity contribution in [3.63, 3.8) is 0 Å². The summed E-state index contributed by atoms with van der Waals surface area (Å²) in [5.74, 6) is -0.833. The van der Waals surface area contributed by atoms with Crippen molar-refractivity contribution in [2.24, 2.45) is 0 Å². The average molecular weight is 329 g/mol. The lowest BCUT2D eigenvalue weighted by molar-refractivity contribution is -0.731. The number of fused-ring (bicyclic) bond motifs is 1. The molecule has 1 atom stereocenters. The molecule has 0 amide bonds. The van der Waals surface area contributed by atoms with Crippen molar-refractivity contribution in [1.82, 2.24) is 0 Å². The molecule has 0 bridgehead atoms. The molecule has 0 unspecified atom stereocenters. The van der Waals surface area contributed by atoms with Crippen LogP contribution in [0.4, 0.5) is 0 Å². The standard InChI is InChI=1S/C18H19NO5/c1-24-16-9-14-12(8-15(16)21)6-7-19-18(14,17(22)23)10-11-2-4-13(20)5-3-11/h2-5,8-9,19-21H,6-7,10H2,1H3,(H,22,23)/t18-/m0/s1. The van der Waals surface area contributed by atoms with Crippen LogP contribution in [0.15, 0.2) is 36.4 Å². The van der Waals surface area contributed by atoms with Gasteiger partial charge in [0.1, 0.15) is 11.7 Å². The molecule has 0 aromatic heterocycles. The topological polar surface area (TPSA) is 106 Å². The van der Waals surface area contributed by atoms with Crippen molar-refractivity contribution < 1.29 is 30.2 Å². The third-order valence-electron chi connectivity index (χ3n) is 4.58. The molecule has 2 aromatic carbocycles. The van der Waals surface area contributed by atoms with E-state index < -0.39 is 11.5 Å². The molecule has 1 heterocycles. The maximum absolute atomic E-state index is 12.1. The SMILES string of the molecule is COc1cc2c(cc1O)CC[NH2+][C@]2(Cc1ccc(O)cc1)C(=O)[O-]. The summed E-state index contributed by atoms with van der Waals surface area (Å²) in [6.07, 6.45) is 0.855. The van der Waals surface area contributed by atoms with Crippen molar-refractivity contribution in [1.29, 1.82) is 0 Å². The minimum atomic E-state index is -1.30. The van der Waals surface area contributed by atoms with Gasteiger partial charge in [0.15, 0.2) is 17.0 Å². The summed E-state index contributed by atoms with van der Waals surface area (Å²) >= 11 is 0. The molecular formula is C18H19NO5. The number of nitrogens with two attached hydrogens (primary N) is 1. The van der Waals surface area contributed by atoms with Gasteiger partial charge in [-0.2, -0.15) is 0 Å². The Morgan fingerprint density at radius 2 is 2.00 bits per heavy atom. The van der Waals surface area contributed by atoms with Crippen molar-refractivity contribution in [2.75, 3.05) is 13.7 Å². The van der Waals surface area contributed by atoms with Crippen LogP contribution in [0.5, 0.6) is 17.2 Å². The molecule has 4 N–H and O–H groups in total. The number of carboxylic acids is 1. The smallest absolute Gasteiger partial charge is 0.166 e. The Bertz CT molecular complexity index is 772. The highest BCUT2D eigenvalue weighted by molar-refractivity contribution is 5.79. The number of rotatable bonds is 4. The van der Waals surface area contributed by atoms with Crippen molar-refractivity contribution in [2.45, 2.75) is 18.4 Å². The van der Waals surface area contributed by atoms with Gasteiger partial charge in [-0.25, -0.2) is 0 Å². The molecule has 0 aliphatic carbocycles. The summed E-state index contributed by atoms with van der Waals surface area (Å²) in [5, 5.41) is 33.2. The van der Waals surface area contributed by atoms with Gasteiger partial charge in [-0.05, 0) is 35.4 Å². The van der Waals surface area contributed by atoms with Gasteiger partial charge in [0.25, 0.3) is 0 Å². The molecular weight excluding hydrogens is 310 g/mol. The van der Waals surface area contributed by atoms with Gasteiger partial charge in [-0.1, -0.05) is 12.1 Å². The predicted octanol–water partition coefficient (Wildman–Crippen LogP) is -0.586. The van der Waals surface area contributed by atoms with E-state index >= 15 is 0 Å². The molecule has 6 nitrogen and oxygen atoms in total. The highest BCUT2D eigenvalue weighted by Gasteiger charge is 2.43. The van der Waals surface area contributed by atoms with Crippen LogP contribution in [-0.2, 0) is 23.2 Å². The van der Waals surface area contributed by atoms with Crippen LogP contribution >= 0.6 is 0 Å². The second-order valence-corrected chi connectivity index (χ2v) is 6.03. The van der Waals surface area contributed by atoms with E-state index in [2.05, 4.69) is 0 Å². The van der Waals surface area contributed by atoms with E-state index in [1.807, 2.05) is 0 Å². The summed E-state index contributed by atoms with van der Waals surface area (Å²) in [5.41, 5.74) is 0.828. The molecule has 24 heavy (non-hydrogen) atoms. The fourth-order valence-corrected chi connectivity index (χ4v) is 3.35. The third-order valence-corrected chi connectivity index (χ3v) is 4.58. The third kappa shape index (κ3) is 2.65. The van der Waals surface area contributed by atoms with Crippen LogP contribution < -0.4 is 15.2 Å². The molecule has 1 aliphatic heterocycles. The quantitative estimate of drug-likeness (QED) is 0.695. The number of aliphatic carboxylic acids is 1. The largest absolute Gasteiger partial charge is 0.543 e. The molecule has 0 saturated heterocycles. The fraction of sp³-hybridized carbons (Fsp3) is 0.278. The first-order valence-electron chi connectivity index (χ1n) is 7.70. The number of carbonyl (C=O) groups excluding carboxylic acids is 1. The summed E-state index contributed by atoms with van der Waals surface area (Å²) in [4.78, 5) is 12.1. The highest BCUT2D eigenvalue weighted by Crippen LogP contribution is 2.36. The number of benzene rings is 2. The van der Waals surface area contributed by atoms with Crippen molar-refractivity contribution >= 4 is 5.97 Å². The lowest BCUT2D eigenvalue weighted by Gasteiger charge is -2.38. The number of quaternary nitrogens is 1. The van der Waals surface area contributed by atoms with Gasteiger partial charge in [-0.15, -0.1) is 0 Å². The van der Waals surface area contributed by atoms with Gasteiger partial charge < -0.3 is 30.2 Å². The molecule has 0 spiro atoms. The van der Waals surface area contributed by atoms with Gasteiger partial charge >= 0.3 is 0 Å². The van der Waals surface area contributed by atoms with Crippen LogP contribution in [-0.4, -0.2) is 29.8 Å². The number of hydrogen-bond donors (Lipinski definition) is 3. The average Bonchev–Trinajstić information content (AvgIpc) is 2.56. The van der Waals surface area contributed by atoms with Crippen LogP contribution in [0.3, 0.4) is 0 Å². The highest BCUT2D eigenvalue weighted by atomic mass is 16.5. The maximum Gasteiger partial charge on any atom is 0.166 e. The second-order valence-electron chi connectivity index (χ2n) is 6.03. The Labute approximate surface area is 139 Å². The number of phenols is 2. The Kier molecular flexibility index (Phi) is 4.07. The van der Waals surface area contributed by atoms with Crippen LogP contribution in [0.1, 0.15) is 16.7 Å². The van der Waals surface area contributed by atoms with E-state index in [0.29, 0.717) is 18.5 Å². The van der Waals surface area contributed by atoms with Crippen molar-refractivity contribution in [3.8, 4) is 17.2 Å². The summed E-state index contributed by atoms with van der Waals surface area (Å²) in [6, 6.07) is 9.59. The van der Waals surface area contributed by atoms with Crippen molar-refractivity contribution in [3.05, 3.63) is 53.1 Å². The molecule has 2 aromatic rings. The number of methoxy groups -OCH3 is 1. The lowest BCUT2D eigenvalue weighted by atomic mass is 9.78. The summed E-state index contributed by atoms with van der Waals surface area (Å²) < 4.78 is 5.14. The Morgan fingerprint density at radius 1 is 1.29 bits per heavy atom. The molecule has 0 radical (unpaired) electrons. The van der Waals surface area contributed by atoms with Gasteiger partial charge in [0.2, 0.25) is 0 Å². The molecule has 6 heteroatoms. The van der Waals surface area contributed by atoms with E-state index in [0.717, 1.165) is 11.1 Å². The van der Waals surface area contributed by atoms with E-state index in [-0.39, 0.29) is 23.7 Å². The number of carbonyl (C=O) groups is 1. The first-order valence-corrected chi connectivity index (χ1v) is 7.70. The Morgan fingerprint density at radius 3 is 2.62 bits per heavy atom. The molecule has 3 rings (SSSR count). The van der Waals surface area contributed by atoms with Crippen LogP contribution in [0, 0.1) is 0 Å². The fourth-order valence-electron chi connectivity index (χ4n) is 3.35. The van der Waals surface area contributed by atoms with Crippen LogP contribution in [0.25, 0.3) is 0 Å². The normalized spacial score (nSPS) is 19.5. The van der Waals surface area contributed by atoms with E-state index in [1.165, 1.54) is 19.2 Å². The number of hydrogen-bond acceptors (Lipinski definition) is 5. The zero-order valence-electron chi connectivity index (χ0n) is 13.3. The number of aromatic hydroxyl groups is 2. The zero-order chi connectivity index (χ0) is 17.3. The molecule has 1 aliphatic rings. The molecule has 0 fully saturated rings. The lowest BCUT2D eigenvalue weighted by Crippen LogP contribution is -3.00. The minimum Gasteiger partial charge on any atom is -0.543 e. The first kappa shape index (κ1) is 16.1. The summed E-state index contributed by atoms with van der Waals surface area (Å²) in [6.45, 7) is 0.574. The Hall–Kier alpha value is -2.73. The second kappa shape index (κ2) is 6.05. The van der Waals surface area contributed by atoms with E-state index in [9.17, 15) is 20.1 Å². The Balaban J connectivity index is 2.12. The monoisotopic (exact) mass is 329 g/mol. The molecule has 0 saturated carbocycles. The van der Waals surface area contributed by atoms with E-state index in [4.69, 9.17) is 4.74 Å². The van der Waals surface area contributed by atoms with Gasteiger partial charge in [0.05, 0.1) is 13.7 Å². The maximum atomic E-state index is 12.1. The summed E-state index contributed by atoms with van der Waals surface area (Å²) in [7, 11) is 1.43. The van der Waals surface area contributed by atoms with E-state index in [1.54, 1.807) is 29.6 Å². The number of ether oxygens (including phenoxy) is 1. The van der Waals surface area contributed by atoms with Gasteiger partial charge in [-0.3, -0.25) is 0 Å². The first-order chi connectivity index (χ1) is 11.5. The number of carboxylic acid groups (broad SMARTS) is 1. The zero-order valence-corrected chi connectivity index (χ0v) is 13.3. The number of phenolic OH excluding ortho intramolecular Hbond substituents is 2. The van der Waals surface area contributed by atoms with Crippen LogP contribution in [0.2, 0.25) is 0 Å². The minimum absolute atomic E-state index is 0.00460. The van der Waals surface area contributed by atoms with Gasteiger partial charge in [0, 0.05) is 18.4 Å².